The number of aliphatic hydroxyl groups is 8. The number of aryl methyl sites for hydroxylation is 2. The topological polar surface area (TPSA) is 256 Å². The number of nitrogens with one attached hydrogen (secondary N) is 2. The summed E-state index contributed by atoms with van der Waals surface area (Å²) in [6.45, 7) is 3.35. The van der Waals surface area contributed by atoms with Crippen LogP contribution in [0.15, 0.2) is 72.8 Å². The second kappa shape index (κ2) is 29.7. The first-order valence-electron chi connectivity index (χ1n) is 30.3. The zero-order valence-corrected chi connectivity index (χ0v) is 47.7. The summed E-state index contributed by atoms with van der Waals surface area (Å²) in [5.41, 5.74) is 12.3. The third-order valence-corrected chi connectivity index (χ3v) is 16.5. The molecule has 2 aromatic carbocycles. The van der Waals surface area contributed by atoms with Crippen molar-refractivity contribution in [1.82, 2.24) is 19.9 Å². The maximum atomic E-state index is 10.8. The first-order chi connectivity index (χ1) is 40.0. The van der Waals surface area contributed by atoms with Crippen LogP contribution in [0.3, 0.4) is 0 Å². The van der Waals surface area contributed by atoms with E-state index < -0.39 is 74.6 Å². The molecule has 2 saturated heterocycles. The highest BCUT2D eigenvalue weighted by Gasteiger charge is 2.46. The minimum absolute atomic E-state index is 0.325. The lowest BCUT2D eigenvalue weighted by Crippen LogP contribution is -2.60. The number of rotatable bonds is 28. The zero-order valence-electron chi connectivity index (χ0n) is 47.7. The van der Waals surface area contributed by atoms with Gasteiger partial charge in [-0.2, -0.15) is 0 Å². The van der Waals surface area contributed by atoms with E-state index in [-0.39, 0.29) is 0 Å². The predicted molar refractivity (Wildman–Crippen MR) is 320 cm³/mol. The van der Waals surface area contributed by atoms with Crippen molar-refractivity contribution in [2.24, 2.45) is 0 Å². The van der Waals surface area contributed by atoms with Crippen LogP contribution in [0, 0.1) is 0 Å². The molecule has 16 nitrogen and oxygen atoms in total. The molecule has 2 fully saturated rings. The number of ether oxygens (including phenoxy) is 4. The van der Waals surface area contributed by atoms with Crippen LogP contribution < -0.4 is 9.47 Å². The van der Waals surface area contributed by atoms with E-state index in [0.717, 1.165) is 105 Å². The summed E-state index contributed by atoms with van der Waals surface area (Å²) in [5.74, 6) is 0.650. The number of aliphatic hydroxyl groups excluding tert-OH is 8. The average Bonchev–Trinajstić information content (AvgIpc) is 4.47. The summed E-state index contributed by atoms with van der Waals surface area (Å²) in [4.78, 5) is 18.6. The molecule has 0 saturated carbocycles. The van der Waals surface area contributed by atoms with Crippen LogP contribution in [-0.4, -0.2) is 135 Å². The molecule has 4 aliphatic rings. The van der Waals surface area contributed by atoms with Gasteiger partial charge in [0.15, 0.2) is 0 Å². The molecule has 0 amide bonds. The average molecular weight is 1130 g/mol. The predicted octanol–water partition coefficient (Wildman–Crippen LogP) is 10.5. The number of hydrogen-bond acceptors (Lipinski definition) is 14. The van der Waals surface area contributed by atoms with Gasteiger partial charge in [-0.3, -0.25) is 0 Å². The Morgan fingerprint density at radius 1 is 0.390 bits per heavy atom. The standard InChI is InChI=1S/C66H86N4O12/c1-3-5-7-9-11-13-15-17-19-21-45-47-31-32-48(67-47)46(22-20-18-16-14-12-10-8-6-4-2)50-34-36-52(69-50)58(42-25-29-44(30-26-42)80-66-64(78)62(76)60(74)56(40-72)82-66)54-38-37-53(70-54)57(51-35-33-49(45)68-51)41-23-27-43(28-24-41)79-65-63(77)61(75)59(73)55(39-71)81-65/h23-38,55-56,59-66,68-69,71-78H,3-22,39-40H2,1-2H3/t55-,56-,59-,60-,61+,62+,63-,64-,65-,66-/m1/s1. The molecule has 442 valence electrons. The van der Waals surface area contributed by atoms with Gasteiger partial charge in [0.25, 0.3) is 0 Å². The molecule has 4 aliphatic heterocycles. The molecular formula is C66H86N4O12. The first-order valence-corrected chi connectivity index (χ1v) is 30.3. The van der Waals surface area contributed by atoms with E-state index in [2.05, 4.69) is 60.2 Å². The Balaban J connectivity index is 1.15. The molecule has 8 bridgehead atoms. The SMILES string of the molecule is CCCCCCCCCCCc1c2nc(c(CCCCCCCCCCC)c3ccc([nH]3)c(-c3ccc(O[C@@H]4O[C@H](CO)[C@@H](O)[C@H](O)[C@H]4O)cc3)c3nc(c(-c4ccc(O[C@@H]5O[C@H](CO)[C@@H](O)[C@H](O)[C@H]5O)cc4)c4ccc1[nH]4)C=C3)C=C2. The van der Waals surface area contributed by atoms with E-state index in [4.69, 9.17) is 28.9 Å². The fourth-order valence-electron chi connectivity index (χ4n) is 11.7. The van der Waals surface area contributed by atoms with Crippen molar-refractivity contribution < 1.29 is 59.8 Å². The molecule has 0 aliphatic carbocycles. The molecule has 0 unspecified atom stereocenters. The van der Waals surface area contributed by atoms with Gasteiger partial charge in [-0.25, -0.2) is 9.97 Å². The largest absolute Gasteiger partial charge is 0.462 e. The van der Waals surface area contributed by atoms with Crippen molar-refractivity contribution in [3.8, 4) is 33.8 Å². The Morgan fingerprint density at radius 3 is 1.09 bits per heavy atom. The summed E-state index contributed by atoms with van der Waals surface area (Å²) < 4.78 is 23.4. The Hall–Kier alpha value is -5.76. The first kappa shape index (κ1) is 60.8. The van der Waals surface area contributed by atoms with Crippen LogP contribution in [0.5, 0.6) is 11.5 Å². The molecule has 82 heavy (non-hydrogen) atoms. The molecule has 7 heterocycles. The molecular weight excluding hydrogens is 1040 g/mol. The molecule has 0 spiro atoms. The molecule has 16 heteroatoms. The van der Waals surface area contributed by atoms with Crippen LogP contribution in [0.1, 0.15) is 163 Å². The lowest BCUT2D eigenvalue weighted by molar-refractivity contribution is -0.277. The van der Waals surface area contributed by atoms with Crippen molar-refractivity contribution in [1.29, 1.82) is 0 Å². The van der Waals surface area contributed by atoms with Gasteiger partial charge in [-0.15, -0.1) is 0 Å². The summed E-state index contributed by atoms with van der Waals surface area (Å²) in [5, 5.41) is 83.0. The van der Waals surface area contributed by atoms with Crippen molar-refractivity contribution >= 4 is 46.4 Å². The molecule has 0 radical (unpaired) electrons. The van der Waals surface area contributed by atoms with Gasteiger partial charge >= 0.3 is 0 Å². The maximum Gasteiger partial charge on any atom is 0.229 e. The molecule has 5 aromatic rings. The zero-order chi connectivity index (χ0) is 57.5. The molecule has 9 rings (SSSR count). The van der Waals surface area contributed by atoms with Crippen molar-refractivity contribution in [2.45, 2.75) is 204 Å². The van der Waals surface area contributed by atoms with Gasteiger partial charge in [0.2, 0.25) is 12.6 Å². The smallest absolute Gasteiger partial charge is 0.229 e. The van der Waals surface area contributed by atoms with Crippen molar-refractivity contribution in [2.75, 3.05) is 13.2 Å². The van der Waals surface area contributed by atoms with Gasteiger partial charge in [-0.1, -0.05) is 141 Å². The van der Waals surface area contributed by atoms with E-state index in [1.807, 2.05) is 36.4 Å². The lowest BCUT2D eigenvalue weighted by atomic mass is 9.99. The number of benzene rings is 2. The molecule has 3 aromatic heterocycles. The highest BCUT2D eigenvalue weighted by molar-refractivity contribution is 5.96. The fraction of sp³-hybridized carbons (Fsp3) is 0.515. The van der Waals surface area contributed by atoms with Crippen molar-refractivity contribution in [3.63, 3.8) is 0 Å². The monoisotopic (exact) mass is 1130 g/mol. The molecule has 10 N–H and O–H groups in total. The second-order valence-corrected chi connectivity index (χ2v) is 22.5. The van der Waals surface area contributed by atoms with Gasteiger partial charge < -0.3 is 69.8 Å². The number of aromatic nitrogens is 4. The Kier molecular flexibility index (Phi) is 22.0. The summed E-state index contributed by atoms with van der Waals surface area (Å²) in [6, 6.07) is 23.0. The number of nitrogens with zero attached hydrogens (tertiary/aromatic N) is 2. The number of H-pyrrole nitrogens is 2. The van der Waals surface area contributed by atoms with Crippen LogP contribution in [-0.2, 0) is 22.3 Å². The van der Waals surface area contributed by atoms with Crippen molar-refractivity contribution in [3.05, 3.63) is 107 Å². The summed E-state index contributed by atoms with van der Waals surface area (Å²) in [6.07, 6.45) is 17.7. The molecule has 10 atom stereocenters. The van der Waals surface area contributed by atoms with Crippen LogP contribution in [0.25, 0.3) is 68.6 Å². The lowest BCUT2D eigenvalue weighted by Gasteiger charge is -2.39. The maximum absolute atomic E-state index is 10.8. The number of hydrogen-bond donors (Lipinski definition) is 10. The quantitative estimate of drug-likeness (QED) is 0.0205. The fourth-order valence-corrected chi connectivity index (χ4v) is 11.7. The van der Waals surface area contributed by atoms with Gasteiger partial charge in [0, 0.05) is 44.3 Å². The minimum atomic E-state index is -1.59. The summed E-state index contributed by atoms with van der Waals surface area (Å²) in [7, 11) is 0. The number of unbranched alkanes of at least 4 members (excludes halogenated alkanes) is 16. The van der Waals surface area contributed by atoms with Gasteiger partial charge in [-0.05, 0) is 110 Å². The Bertz CT molecular complexity index is 2860. The highest BCUT2D eigenvalue weighted by Crippen LogP contribution is 2.38. The Morgan fingerprint density at radius 2 is 0.720 bits per heavy atom. The van der Waals surface area contributed by atoms with E-state index in [9.17, 15) is 40.9 Å². The normalized spacial score (nSPS) is 23.4. The van der Waals surface area contributed by atoms with Gasteiger partial charge in [0.1, 0.15) is 60.3 Å². The van der Waals surface area contributed by atoms with E-state index in [1.54, 1.807) is 24.3 Å². The van der Waals surface area contributed by atoms with Gasteiger partial charge in [0.05, 0.1) is 36.0 Å². The van der Waals surface area contributed by atoms with E-state index >= 15 is 0 Å². The Labute approximate surface area is 481 Å². The van der Waals surface area contributed by atoms with Crippen LogP contribution in [0.4, 0.5) is 0 Å². The summed E-state index contributed by atoms with van der Waals surface area (Å²) >= 11 is 0. The third kappa shape index (κ3) is 14.8. The minimum Gasteiger partial charge on any atom is -0.462 e. The van der Waals surface area contributed by atoms with Crippen LogP contribution in [0.2, 0.25) is 0 Å². The number of aromatic amines is 2. The van der Waals surface area contributed by atoms with E-state index in [0.29, 0.717) is 22.9 Å². The second-order valence-electron chi connectivity index (χ2n) is 22.5. The van der Waals surface area contributed by atoms with E-state index in [1.165, 1.54) is 89.9 Å². The number of fused-ring (bicyclic) bond motifs is 8. The third-order valence-electron chi connectivity index (χ3n) is 16.5. The van der Waals surface area contributed by atoms with Crippen LogP contribution >= 0.6 is 0 Å². The highest BCUT2D eigenvalue weighted by atomic mass is 16.7.